The molecule has 1 aliphatic rings. The van der Waals surface area contributed by atoms with Gasteiger partial charge in [0.25, 0.3) is 0 Å². The number of likely N-dealkylation sites (N-methyl/N-ethyl adjacent to an activating group) is 1. The van der Waals surface area contributed by atoms with Gasteiger partial charge in [-0.2, -0.15) is 0 Å². The summed E-state index contributed by atoms with van der Waals surface area (Å²) in [5.41, 5.74) is 1.22. The van der Waals surface area contributed by atoms with Crippen molar-refractivity contribution in [2.75, 3.05) is 45.6 Å². The summed E-state index contributed by atoms with van der Waals surface area (Å²) >= 11 is 0. The molecule has 0 spiro atoms. The van der Waals surface area contributed by atoms with Gasteiger partial charge in [0.1, 0.15) is 0 Å². The monoisotopic (exact) mass is 233 g/mol. The first kappa shape index (κ1) is 12.4. The van der Waals surface area contributed by atoms with Gasteiger partial charge in [-0.05, 0) is 39.2 Å². The second kappa shape index (κ2) is 6.03. The minimum Gasteiger partial charge on any atom is -0.384 e. The Kier molecular flexibility index (Phi) is 4.40. The first-order chi connectivity index (χ1) is 8.25. The Balaban J connectivity index is 1.67. The summed E-state index contributed by atoms with van der Waals surface area (Å²) in [6, 6.07) is 11.2. The summed E-state index contributed by atoms with van der Waals surface area (Å²) in [4.78, 5) is 4.88. The molecule has 0 amide bonds. The van der Waals surface area contributed by atoms with Crippen LogP contribution in [-0.2, 0) is 0 Å². The lowest BCUT2D eigenvalue weighted by Crippen LogP contribution is -2.33. The van der Waals surface area contributed by atoms with Gasteiger partial charge in [-0.1, -0.05) is 18.2 Å². The topological polar surface area (TPSA) is 18.5 Å². The third-order valence-corrected chi connectivity index (χ3v) is 3.51. The minimum atomic E-state index is 0.742. The molecule has 1 atom stereocenters. The van der Waals surface area contributed by atoms with Crippen molar-refractivity contribution >= 4 is 5.69 Å². The first-order valence-electron chi connectivity index (χ1n) is 6.43. The molecule has 1 unspecified atom stereocenters. The van der Waals surface area contributed by atoms with Crippen molar-refractivity contribution in [2.24, 2.45) is 0 Å². The van der Waals surface area contributed by atoms with E-state index in [1.54, 1.807) is 0 Å². The fourth-order valence-corrected chi connectivity index (χ4v) is 2.35. The van der Waals surface area contributed by atoms with E-state index in [9.17, 15) is 0 Å². The maximum Gasteiger partial charge on any atom is 0.0340 e. The molecule has 2 rings (SSSR count). The van der Waals surface area contributed by atoms with E-state index in [4.69, 9.17) is 0 Å². The molecule has 0 aromatic heterocycles. The summed E-state index contributed by atoms with van der Waals surface area (Å²) in [6.07, 6.45) is 1.30. The summed E-state index contributed by atoms with van der Waals surface area (Å²) in [7, 11) is 4.35. The maximum absolute atomic E-state index is 3.46. The van der Waals surface area contributed by atoms with Crippen LogP contribution < -0.4 is 5.32 Å². The summed E-state index contributed by atoms with van der Waals surface area (Å²) in [5.74, 6) is 0. The number of hydrogen-bond donors (Lipinski definition) is 1. The maximum atomic E-state index is 3.46. The number of rotatable bonds is 5. The average molecular weight is 233 g/mol. The van der Waals surface area contributed by atoms with E-state index in [-0.39, 0.29) is 0 Å². The number of para-hydroxylation sites is 1. The summed E-state index contributed by atoms with van der Waals surface area (Å²) in [5, 5.41) is 3.46. The average Bonchev–Trinajstić information content (AvgIpc) is 2.79. The van der Waals surface area contributed by atoms with E-state index >= 15 is 0 Å². The third-order valence-electron chi connectivity index (χ3n) is 3.51. The largest absolute Gasteiger partial charge is 0.384 e. The lowest BCUT2D eigenvalue weighted by atomic mass is 10.2. The van der Waals surface area contributed by atoms with Crippen LogP contribution in [0.5, 0.6) is 0 Å². The van der Waals surface area contributed by atoms with Crippen LogP contribution in [0.4, 0.5) is 5.69 Å². The van der Waals surface area contributed by atoms with Crippen LogP contribution in [0.25, 0.3) is 0 Å². The van der Waals surface area contributed by atoms with Gasteiger partial charge in [0.2, 0.25) is 0 Å². The third kappa shape index (κ3) is 3.72. The van der Waals surface area contributed by atoms with Crippen LogP contribution in [0.1, 0.15) is 6.42 Å². The molecule has 1 saturated heterocycles. The van der Waals surface area contributed by atoms with E-state index < -0.39 is 0 Å². The Hall–Kier alpha value is -1.06. The second-order valence-electron chi connectivity index (χ2n) is 5.00. The number of nitrogens with one attached hydrogen (secondary N) is 1. The molecule has 17 heavy (non-hydrogen) atoms. The fraction of sp³-hybridized carbons (Fsp3) is 0.571. The zero-order valence-electron chi connectivity index (χ0n) is 10.9. The molecule has 1 fully saturated rings. The van der Waals surface area contributed by atoms with Crippen LogP contribution >= 0.6 is 0 Å². The van der Waals surface area contributed by atoms with E-state index in [2.05, 4.69) is 53.5 Å². The van der Waals surface area contributed by atoms with Gasteiger partial charge in [-0.3, -0.25) is 4.90 Å². The Morgan fingerprint density at radius 3 is 2.71 bits per heavy atom. The molecule has 1 aromatic carbocycles. The Morgan fingerprint density at radius 1 is 1.29 bits per heavy atom. The van der Waals surface area contributed by atoms with Crippen molar-refractivity contribution in [3.63, 3.8) is 0 Å². The Bertz CT molecular complexity index is 323. The van der Waals surface area contributed by atoms with Crippen molar-refractivity contribution in [3.05, 3.63) is 30.3 Å². The van der Waals surface area contributed by atoms with Crippen molar-refractivity contribution in [3.8, 4) is 0 Å². The zero-order valence-corrected chi connectivity index (χ0v) is 10.9. The predicted octanol–water partition coefficient (Wildman–Crippen LogP) is 1.73. The van der Waals surface area contributed by atoms with Gasteiger partial charge in [0, 0.05) is 31.4 Å². The van der Waals surface area contributed by atoms with E-state index in [1.807, 2.05) is 6.07 Å². The van der Waals surface area contributed by atoms with Crippen LogP contribution in [0, 0.1) is 0 Å². The van der Waals surface area contributed by atoms with Gasteiger partial charge in [-0.25, -0.2) is 0 Å². The van der Waals surface area contributed by atoms with Crippen LogP contribution in [0.15, 0.2) is 30.3 Å². The quantitative estimate of drug-likeness (QED) is 0.835. The van der Waals surface area contributed by atoms with E-state index in [1.165, 1.54) is 25.2 Å². The highest BCUT2D eigenvalue weighted by atomic mass is 15.2. The molecular weight excluding hydrogens is 210 g/mol. The number of benzene rings is 1. The molecule has 0 radical (unpaired) electrons. The van der Waals surface area contributed by atoms with Gasteiger partial charge in [-0.15, -0.1) is 0 Å². The molecule has 3 nitrogen and oxygen atoms in total. The highest BCUT2D eigenvalue weighted by Gasteiger charge is 2.22. The minimum absolute atomic E-state index is 0.742. The van der Waals surface area contributed by atoms with Crippen molar-refractivity contribution in [1.82, 2.24) is 9.80 Å². The normalized spacial score (nSPS) is 21.0. The molecule has 1 heterocycles. The van der Waals surface area contributed by atoms with Crippen LogP contribution in [0.2, 0.25) is 0 Å². The van der Waals surface area contributed by atoms with Gasteiger partial charge in [0.05, 0.1) is 0 Å². The lowest BCUT2D eigenvalue weighted by molar-refractivity contribution is 0.273. The first-order valence-corrected chi connectivity index (χ1v) is 6.43. The summed E-state index contributed by atoms with van der Waals surface area (Å²) < 4.78 is 0. The number of anilines is 1. The van der Waals surface area contributed by atoms with Gasteiger partial charge >= 0.3 is 0 Å². The Labute approximate surface area is 104 Å². The molecule has 0 saturated carbocycles. The summed E-state index contributed by atoms with van der Waals surface area (Å²) in [6.45, 7) is 4.62. The zero-order chi connectivity index (χ0) is 12.1. The van der Waals surface area contributed by atoms with Gasteiger partial charge < -0.3 is 10.2 Å². The Morgan fingerprint density at radius 2 is 2.06 bits per heavy atom. The number of nitrogens with zero attached hydrogens (tertiary/aromatic N) is 2. The number of likely N-dealkylation sites (tertiary alicyclic amines) is 1. The van der Waals surface area contributed by atoms with Crippen molar-refractivity contribution in [1.29, 1.82) is 0 Å². The van der Waals surface area contributed by atoms with Gasteiger partial charge in [0.15, 0.2) is 0 Å². The molecular formula is C14H23N3. The predicted molar refractivity (Wildman–Crippen MR) is 73.5 cm³/mol. The molecule has 1 aliphatic heterocycles. The van der Waals surface area contributed by atoms with Crippen LogP contribution in [0.3, 0.4) is 0 Å². The molecule has 3 heteroatoms. The fourth-order valence-electron chi connectivity index (χ4n) is 2.35. The SMILES string of the molecule is CN(C)C1CCN(CCNc2ccccc2)C1. The molecule has 94 valence electrons. The smallest absolute Gasteiger partial charge is 0.0340 e. The lowest BCUT2D eigenvalue weighted by Gasteiger charge is -2.20. The molecule has 1 N–H and O–H groups in total. The van der Waals surface area contributed by atoms with Crippen molar-refractivity contribution < 1.29 is 0 Å². The van der Waals surface area contributed by atoms with Crippen LogP contribution in [-0.4, -0.2) is 56.1 Å². The number of hydrogen-bond acceptors (Lipinski definition) is 3. The molecule has 0 bridgehead atoms. The molecule has 1 aromatic rings. The second-order valence-corrected chi connectivity index (χ2v) is 5.00. The standard InChI is InChI=1S/C14H23N3/c1-16(2)14-8-10-17(12-14)11-9-15-13-6-4-3-5-7-13/h3-7,14-15H,8-12H2,1-2H3. The highest BCUT2D eigenvalue weighted by molar-refractivity contribution is 5.42. The van der Waals surface area contributed by atoms with Crippen molar-refractivity contribution in [2.45, 2.75) is 12.5 Å². The molecule has 0 aliphatic carbocycles. The highest BCUT2D eigenvalue weighted by Crippen LogP contribution is 2.12. The van der Waals surface area contributed by atoms with E-state index in [0.29, 0.717) is 0 Å². The van der Waals surface area contributed by atoms with E-state index in [0.717, 1.165) is 19.1 Å².